The number of carbonyl (C=O) groups excluding carboxylic acids is 2. The van der Waals surface area contributed by atoms with E-state index in [1.54, 1.807) is 25.1 Å². The molecule has 0 aliphatic heterocycles. The molecule has 35 heavy (non-hydrogen) atoms. The van der Waals surface area contributed by atoms with E-state index in [2.05, 4.69) is 21.2 Å². The van der Waals surface area contributed by atoms with Crippen molar-refractivity contribution in [3.63, 3.8) is 0 Å². The molecule has 0 aliphatic carbocycles. The molecule has 0 saturated heterocycles. The van der Waals surface area contributed by atoms with Crippen molar-refractivity contribution in [3.8, 4) is 0 Å². The first-order chi connectivity index (χ1) is 16.3. The van der Waals surface area contributed by atoms with Crippen LogP contribution in [0.2, 0.25) is 5.02 Å². The maximum Gasteiger partial charge on any atom is 0.242 e. The Morgan fingerprint density at radius 3 is 2.29 bits per heavy atom. The Bertz CT molecular complexity index is 1140. The third-order valence-electron chi connectivity index (χ3n) is 5.46. The summed E-state index contributed by atoms with van der Waals surface area (Å²) < 4.78 is 27.2. The van der Waals surface area contributed by atoms with Gasteiger partial charge in [0.25, 0.3) is 0 Å². The first-order valence-corrected chi connectivity index (χ1v) is 14.4. The van der Waals surface area contributed by atoms with Gasteiger partial charge in [-0.1, -0.05) is 45.7 Å². The summed E-state index contributed by atoms with van der Waals surface area (Å²) in [6.45, 7) is 7.62. The summed E-state index contributed by atoms with van der Waals surface area (Å²) in [4.78, 5) is 27.5. The summed E-state index contributed by atoms with van der Waals surface area (Å²) >= 11 is 9.51. The zero-order valence-electron chi connectivity index (χ0n) is 20.7. The molecule has 2 aromatic rings. The zero-order chi connectivity index (χ0) is 26.3. The van der Waals surface area contributed by atoms with Crippen LogP contribution in [0.3, 0.4) is 0 Å². The van der Waals surface area contributed by atoms with Crippen LogP contribution in [0.15, 0.2) is 46.9 Å². The molecule has 7 nitrogen and oxygen atoms in total. The highest BCUT2D eigenvalue weighted by molar-refractivity contribution is 9.10. The number of sulfonamides is 1. The molecule has 0 heterocycles. The van der Waals surface area contributed by atoms with E-state index in [0.29, 0.717) is 10.7 Å². The largest absolute Gasteiger partial charge is 0.352 e. The molecular formula is C25H33BrClN3O4S. The molecule has 1 N–H and O–H groups in total. The molecule has 0 bridgehead atoms. The summed E-state index contributed by atoms with van der Waals surface area (Å²) in [5.41, 5.74) is 2.14. The van der Waals surface area contributed by atoms with Crippen LogP contribution in [-0.4, -0.2) is 50.0 Å². The zero-order valence-corrected chi connectivity index (χ0v) is 23.9. The molecule has 0 radical (unpaired) electrons. The molecule has 10 heteroatoms. The Morgan fingerprint density at radius 1 is 1.09 bits per heavy atom. The highest BCUT2D eigenvalue weighted by Gasteiger charge is 2.27. The third-order valence-corrected chi connectivity index (χ3v) is 7.40. The van der Waals surface area contributed by atoms with E-state index in [1.807, 2.05) is 45.0 Å². The van der Waals surface area contributed by atoms with Crippen LogP contribution in [0.1, 0.15) is 44.7 Å². The lowest BCUT2D eigenvalue weighted by Gasteiger charge is -2.30. The molecule has 0 spiro atoms. The second kappa shape index (κ2) is 12.7. The Kier molecular flexibility index (Phi) is 10.6. The average molecular weight is 587 g/mol. The summed E-state index contributed by atoms with van der Waals surface area (Å²) in [5, 5.41) is 3.29. The smallest absolute Gasteiger partial charge is 0.242 e. The second-order valence-corrected chi connectivity index (χ2v) is 12.1. The van der Waals surface area contributed by atoms with Crippen LogP contribution in [0.5, 0.6) is 0 Å². The lowest BCUT2D eigenvalue weighted by molar-refractivity contribution is -0.140. The number of anilines is 1. The van der Waals surface area contributed by atoms with Gasteiger partial charge in [-0.3, -0.25) is 13.9 Å². The number of aryl methyl sites for hydroxylation is 1. The predicted molar refractivity (Wildman–Crippen MR) is 145 cm³/mol. The van der Waals surface area contributed by atoms with Crippen LogP contribution in [0, 0.1) is 6.92 Å². The summed E-state index contributed by atoms with van der Waals surface area (Å²) in [7, 11) is -3.59. The van der Waals surface area contributed by atoms with Gasteiger partial charge in [-0.2, -0.15) is 0 Å². The maximum absolute atomic E-state index is 13.3. The van der Waals surface area contributed by atoms with Crippen LogP contribution in [0.25, 0.3) is 0 Å². The van der Waals surface area contributed by atoms with Crippen LogP contribution < -0.4 is 9.62 Å². The van der Waals surface area contributed by atoms with Crippen molar-refractivity contribution in [3.05, 3.63) is 63.1 Å². The quantitative estimate of drug-likeness (QED) is 0.406. The highest BCUT2D eigenvalue weighted by atomic mass is 79.9. The molecule has 192 valence electrons. The van der Waals surface area contributed by atoms with E-state index in [9.17, 15) is 18.0 Å². The minimum Gasteiger partial charge on any atom is -0.352 e. The number of hydrogen-bond acceptors (Lipinski definition) is 4. The van der Waals surface area contributed by atoms with Gasteiger partial charge in [0.2, 0.25) is 21.8 Å². The number of halogens is 2. The molecule has 0 aromatic heterocycles. The normalized spacial score (nSPS) is 12.3. The van der Waals surface area contributed by atoms with Gasteiger partial charge < -0.3 is 10.2 Å². The first-order valence-electron chi connectivity index (χ1n) is 11.4. The fourth-order valence-electron chi connectivity index (χ4n) is 3.61. The molecule has 2 amide bonds. The van der Waals surface area contributed by atoms with Gasteiger partial charge in [-0.15, -0.1) is 0 Å². The van der Waals surface area contributed by atoms with Crippen molar-refractivity contribution >= 4 is 55.1 Å². The summed E-state index contributed by atoms with van der Waals surface area (Å²) in [6, 6.07) is 11.9. The number of hydrogen-bond donors (Lipinski definition) is 1. The van der Waals surface area contributed by atoms with Gasteiger partial charge in [0.05, 0.1) is 11.9 Å². The number of rotatable bonds is 11. The number of benzene rings is 2. The van der Waals surface area contributed by atoms with E-state index in [-0.39, 0.29) is 43.8 Å². The molecule has 0 fully saturated rings. The van der Waals surface area contributed by atoms with Gasteiger partial charge in [0, 0.05) is 35.0 Å². The number of nitrogens with zero attached hydrogens (tertiary/aromatic N) is 2. The van der Waals surface area contributed by atoms with E-state index in [0.717, 1.165) is 21.9 Å². The molecule has 0 unspecified atom stereocenters. The lowest BCUT2D eigenvalue weighted by Crippen LogP contribution is -2.49. The topological polar surface area (TPSA) is 86.8 Å². The SMILES string of the molecule is Cc1ccc(Cl)cc1N(CCCC(=O)N(Cc1ccc(Br)cc1)[C@@H](C)C(=O)NC(C)C)S(C)(=O)=O. The van der Waals surface area contributed by atoms with Crippen molar-refractivity contribution in [2.75, 3.05) is 17.1 Å². The van der Waals surface area contributed by atoms with E-state index in [1.165, 1.54) is 9.21 Å². The first kappa shape index (κ1) is 29.1. The van der Waals surface area contributed by atoms with Crippen molar-refractivity contribution in [1.82, 2.24) is 10.2 Å². The Labute approximate surface area is 222 Å². The van der Waals surface area contributed by atoms with Crippen molar-refractivity contribution in [1.29, 1.82) is 0 Å². The standard InChI is InChI=1S/C25H33BrClN3O4S/c1-17(2)28-25(32)19(4)29(16-20-9-11-21(26)12-10-20)24(31)7-6-14-30(35(5,33)34)23-15-22(27)13-8-18(23)3/h8-13,15,17,19H,6-7,14,16H2,1-5H3,(H,28,32)/t19-/m0/s1. The number of amides is 2. The Hall–Kier alpha value is -2.10. The average Bonchev–Trinajstić information content (AvgIpc) is 2.76. The van der Waals surface area contributed by atoms with Crippen molar-refractivity contribution < 1.29 is 18.0 Å². The van der Waals surface area contributed by atoms with E-state index >= 15 is 0 Å². The second-order valence-electron chi connectivity index (χ2n) is 8.86. The number of nitrogens with one attached hydrogen (secondary N) is 1. The molecule has 0 aliphatic rings. The summed E-state index contributed by atoms with van der Waals surface area (Å²) in [6.07, 6.45) is 1.50. The van der Waals surface area contributed by atoms with Crippen molar-refractivity contribution in [2.24, 2.45) is 0 Å². The molecular weight excluding hydrogens is 554 g/mol. The fourth-order valence-corrected chi connectivity index (χ4v) is 5.05. The van der Waals surface area contributed by atoms with E-state index < -0.39 is 16.1 Å². The highest BCUT2D eigenvalue weighted by Crippen LogP contribution is 2.27. The van der Waals surface area contributed by atoms with Crippen molar-refractivity contribution in [2.45, 2.75) is 59.2 Å². The number of carbonyl (C=O) groups is 2. The summed E-state index contributed by atoms with van der Waals surface area (Å²) in [5.74, 6) is -0.464. The fraction of sp³-hybridized carbons (Fsp3) is 0.440. The predicted octanol–water partition coefficient (Wildman–Crippen LogP) is 4.90. The van der Waals surface area contributed by atoms with Gasteiger partial charge in [0.15, 0.2) is 0 Å². The van der Waals surface area contributed by atoms with Gasteiger partial charge in [-0.05, 0) is 69.5 Å². The maximum atomic E-state index is 13.3. The molecule has 2 rings (SSSR count). The van der Waals surface area contributed by atoms with Crippen LogP contribution in [-0.2, 0) is 26.2 Å². The van der Waals surface area contributed by atoms with Gasteiger partial charge in [0.1, 0.15) is 6.04 Å². The minimum absolute atomic E-state index is 0.0566. The minimum atomic E-state index is -3.59. The molecule has 0 saturated carbocycles. The van der Waals surface area contributed by atoms with Crippen LogP contribution >= 0.6 is 27.5 Å². The van der Waals surface area contributed by atoms with E-state index in [4.69, 9.17) is 11.6 Å². The monoisotopic (exact) mass is 585 g/mol. The molecule has 1 atom stereocenters. The van der Waals surface area contributed by atoms with Gasteiger partial charge in [-0.25, -0.2) is 8.42 Å². The van der Waals surface area contributed by atoms with Gasteiger partial charge >= 0.3 is 0 Å². The Balaban J connectivity index is 2.20. The Morgan fingerprint density at radius 2 is 1.71 bits per heavy atom. The van der Waals surface area contributed by atoms with Crippen LogP contribution in [0.4, 0.5) is 5.69 Å². The molecule has 2 aromatic carbocycles. The lowest BCUT2D eigenvalue weighted by atomic mass is 10.1. The third kappa shape index (κ3) is 8.81.